The lowest BCUT2D eigenvalue weighted by Gasteiger charge is -2.08. The van der Waals surface area contributed by atoms with E-state index in [0.29, 0.717) is 23.6 Å². The van der Waals surface area contributed by atoms with Crippen LogP contribution in [0.1, 0.15) is 35.1 Å². The van der Waals surface area contributed by atoms with Crippen molar-refractivity contribution in [1.82, 2.24) is 15.5 Å². The van der Waals surface area contributed by atoms with Crippen LogP contribution < -0.4 is 10.6 Å². The monoisotopic (exact) mass is 379 g/mol. The number of nitrogens with zero attached hydrogens (tertiary/aromatic N) is 2. The third-order valence-electron chi connectivity index (χ3n) is 3.52. The largest absolute Gasteiger partial charge is 0.341 e. The van der Waals surface area contributed by atoms with Gasteiger partial charge in [0.15, 0.2) is 0 Å². The summed E-state index contributed by atoms with van der Waals surface area (Å²) in [6.07, 6.45) is 1.05. The van der Waals surface area contributed by atoms with Gasteiger partial charge in [0.25, 0.3) is 5.91 Å². The average Bonchev–Trinajstić information content (AvgIpc) is 2.99. The van der Waals surface area contributed by atoms with Gasteiger partial charge in [-0.1, -0.05) is 31.0 Å². The molecule has 26 heavy (non-hydrogen) atoms. The quantitative estimate of drug-likeness (QED) is 0.502. The van der Waals surface area contributed by atoms with Crippen LogP contribution in [0.3, 0.4) is 0 Å². The number of benzene rings is 1. The molecule has 0 unspecified atom stereocenters. The first-order valence-corrected chi connectivity index (χ1v) is 8.27. The number of hydrogen-bond acceptors (Lipinski definition) is 5. The lowest BCUT2D eigenvalue weighted by Crippen LogP contribution is -2.33. The molecule has 1 aromatic heterocycles. The Bertz CT molecular complexity index is 849. The van der Waals surface area contributed by atoms with E-state index in [9.17, 15) is 19.7 Å². The van der Waals surface area contributed by atoms with Gasteiger partial charge in [0.2, 0.25) is 11.6 Å². The summed E-state index contributed by atoms with van der Waals surface area (Å²) in [6.45, 7) is 3.34. The zero-order valence-electron chi connectivity index (χ0n) is 14.3. The van der Waals surface area contributed by atoms with Crippen LogP contribution in [-0.4, -0.2) is 33.5 Å². The zero-order chi connectivity index (χ0) is 19.3. The molecular weight excluding hydrogens is 362 g/mol. The molecule has 0 aliphatic heterocycles. The maximum Gasteiger partial charge on any atom is 0.322 e. The fourth-order valence-electron chi connectivity index (χ4n) is 2.31. The Morgan fingerprint density at radius 1 is 1.38 bits per heavy atom. The van der Waals surface area contributed by atoms with Crippen molar-refractivity contribution in [2.24, 2.45) is 0 Å². The minimum absolute atomic E-state index is 0.276. The highest BCUT2D eigenvalue weighted by atomic mass is 35.5. The van der Waals surface area contributed by atoms with E-state index < -0.39 is 16.7 Å². The van der Waals surface area contributed by atoms with Gasteiger partial charge in [-0.3, -0.25) is 24.8 Å². The van der Waals surface area contributed by atoms with Crippen LogP contribution in [0.15, 0.2) is 18.2 Å². The second kappa shape index (κ2) is 8.43. The second-order valence-electron chi connectivity index (χ2n) is 5.62. The predicted molar refractivity (Wildman–Crippen MR) is 96.4 cm³/mol. The van der Waals surface area contributed by atoms with Crippen molar-refractivity contribution in [2.45, 2.75) is 26.7 Å². The number of rotatable bonds is 7. The lowest BCUT2D eigenvalue weighted by molar-refractivity contribution is -0.385. The zero-order valence-corrected chi connectivity index (χ0v) is 15.0. The van der Waals surface area contributed by atoms with Gasteiger partial charge in [-0.05, 0) is 31.0 Å². The molecule has 0 fully saturated rings. The van der Waals surface area contributed by atoms with E-state index in [1.807, 2.05) is 13.8 Å². The van der Waals surface area contributed by atoms with Crippen molar-refractivity contribution in [1.29, 1.82) is 0 Å². The van der Waals surface area contributed by atoms with E-state index >= 15 is 0 Å². The van der Waals surface area contributed by atoms with Crippen LogP contribution in [0, 0.1) is 17.0 Å². The van der Waals surface area contributed by atoms with Crippen LogP contribution >= 0.6 is 11.6 Å². The van der Waals surface area contributed by atoms with Gasteiger partial charge in [-0.2, -0.15) is 5.10 Å². The molecule has 1 aromatic carbocycles. The van der Waals surface area contributed by atoms with Crippen LogP contribution in [0.5, 0.6) is 0 Å². The molecular formula is C16H18ClN5O4. The molecule has 9 nitrogen and oxygen atoms in total. The summed E-state index contributed by atoms with van der Waals surface area (Å²) in [5.74, 6) is -1.32. The Labute approximate surface area is 154 Å². The average molecular weight is 380 g/mol. The van der Waals surface area contributed by atoms with E-state index in [1.54, 1.807) is 18.2 Å². The van der Waals surface area contributed by atoms with Crippen LogP contribution in [-0.2, 0) is 11.2 Å². The van der Waals surface area contributed by atoms with Crippen LogP contribution in [0.25, 0.3) is 0 Å². The molecule has 1 heterocycles. The van der Waals surface area contributed by atoms with E-state index in [-0.39, 0.29) is 23.6 Å². The number of H-pyrrole nitrogens is 1. The smallest absolute Gasteiger partial charge is 0.322 e. The van der Waals surface area contributed by atoms with Gasteiger partial charge in [0.1, 0.15) is 5.69 Å². The van der Waals surface area contributed by atoms with Crippen molar-refractivity contribution in [3.8, 4) is 0 Å². The van der Waals surface area contributed by atoms with Crippen molar-refractivity contribution in [3.05, 3.63) is 50.3 Å². The van der Waals surface area contributed by atoms with Crippen molar-refractivity contribution in [2.75, 3.05) is 11.9 Å². The fourth-order valence-corrected chi connectivity index (χ4v) is 2.59. The first kappa shape index (κ1) is 19.4. The number of nitrogens with one attached hydrogen (secondary N) is 3. The summed E-state index contributed by atoms with van der Waals surface area (Å²) in [5, 5.41) is 22.7. The normalized spacial score (nSPS) is 10.4. The Hall–Kier alpha value is -2.94. The number of anilines is 1. The predicted octanol–water partition coefficient (Wildman–Crippen LogP) is 2.60. The maximum absolute atomic E-state index is 12.2. The molecule has 2 amide bonds. The number of aryl methyl sites for hydroxylation is 2. The van der Waals surface area contributed by atoms with E-state index in [0.717, 1.165) is 5.56 Å². The molecule has 0 spiro atoms. The summed E-state index contributed by atoms with van der Waals surface area (Å²) >= 11 is 6.03. The van der Waals surface area contributed by atoms with Crippen molar-refractivity contribution >= 4 is 34.8 Å². The number of nitro groups is 1. The minimum Gasteiger partial charge on any atom is -0.341 e. The van der Waals surface area contributed by atoms with Gasteiger partial charge in [0.05, 0.1) is 22.2 Å². The van der Waals surface area contributed by atoms with Crippen molar-refractivity contribution in [3.63, 3.8) is 0 Å². The number of halogens is 1. The topological polar surface area (TPSA) is 130 Å². The van der Waals surface area contributed by atoms with Crippen LogP contribution in [0.2, 0.25) is 5.02 Å². The summed E-state index contributed by atoms with van der Waals surface area (Å²) in [7, 11) is 0. The maximum atomic E-state index is 12.2. The van der Waals surface area contributed by atoms with Gasteiger partial charge in [-0.25, -0.2) is 0 Å². The number of carbonyl (C=O) groups is 2. The summed E-state index contributed by atoms with van der Waals surface area (Å²) in [4.78, 5) is 34.7. The first-order valence-electron chi connectivity index (χ1n) is 7.89. The lowest BCUT2D eigenvalue weighted by atomic mass is 10.2. The molecule has 3 N–H and O–H groups in total. The summed E-state index contributed by atoms with van der Waals surface area (Å²) in [6, 6.07) is 5.12. The Morgan fingerprint density at radius 2 is 2.12 bits per heavy atom. The SMILES string of the molecule is CCCc1[nH]nc(C(=O)NCC(=O)Nc2ccc(C)cc2Cl)c1[N+](=O)[O-]. The molecule has 10 heteroatoms. The highest BCUT2D eigenvalue weighted by molar-refractivity contribution is 6.33. The molecule has 2 aromatic rings. The fraction of sp³-hybridized carbons (Fsp3) is 0.312. The number of carbonyl (C=O) groups excluding carboxylic acids is 2. The van der Waals surface area contributed by atoms with Crippen molar-refractivity contribution < 1.29 is 14.5 Å². The molecule has 2 rings (SSSR count). The van der Waals surface area contributed by atoms with E-state index in [1.165, 1.54) is 0 Å². The third-order valence-corrected chi connectivity index (χ3v) is 3.83. The molecule has 0 atom stereocenters. The first-order chi connectivity index (χ1) is 12.3. The van der Waals surface area contributed by atoms with E-state index in [4.69, 9.17) is 11.6 Å². The molecule has 0 aliphatic rings. The van der Waals surface area contributed by atoms with E-state index in [2.05, 4.69) is 20.8 Å². The van der Waals surface area contributed by atoms with Gasteiger partial charge < -0.3 is 10.6 Å². The molecule has 0 bridgehead atoms. The molecule has 0 saturated heterocycles. The van der Waals surface area contributed by atoms with Gasteiger partial charge in [0, 0.05) is 0 Å². The highest BCUT2D eigenvalue weighted by Gasteiger charge is 2.28. The summed E-state index contributed by atoms with van der Waals surface area (Å²) in [5.41, 5.74) is 0.909. The number of amides is 2. The highest BCUT2D eigenvalue weighted by Crippen LogP contribution is 2.23. The number of aromatic amines is 1. The Morgan fingerprint density at radius 3 is 2.73 bits per heavy atom. The second-order valence-corrected chi connectivity index (χ2v) is 6.03. The number of hydrogen-bond donors (Lipinski definition) is 3. The Balaban J connectivity index is 2.02. The van der Waals surface area contributed by atoms with Crippen LogP contribution in [0.4, 0.5) is 11.4 Å². The van der Waals surface area contributed by atoms with Gasteiger partial charge >= 0.3 is 5.69 Å². The molecule has 0 saturated carbocycles. The third kappa shape index (κ3) is 4.57. The van der Waals surface area contributed by atoms with Gasteiger partial charge in [-0.15, -0.1) is 0 Å². The molecule has 0 aliphatic carbocycles. The molecule has 0 radical (unpaired) electrons. The standard InChI is InChI=1S/C16H18ClN5O4/c1-3-4-12-15(22(25)26)14(21-20-12)16(24)18-8-13(23)19-11-6-5-9(2)7-10(11)17/h5-7H,3-4,8H2,1-2H3,(H,18,24)(H,19,23)(H,20,21). The Kier molecular flexibility index (Phi) is 6.29. The minimum atomic E-state index is -0.805. The number of aromatic nitrogens is 2. The summed E-state index contributed by atoms with van der Waals surface area (Å²) < 4.78 is 0. The molecule has 138 valence electrons.